The van der Waals surface area contributed by atoms with Crippen molar-refractivity contribution in [2.45, 2.75) is 38.5 Å². The first-order valence-corrected chi connectivity index (χ1v) is 10.2. The standard InChI is InChI=1S/C22H29NO4/c1-26-19-5-3-2-4-16(19)6-7-23-20(24)13-27-22(25)21-17-9-14-8-15(11-17)12-18(21)10-14/h2-5,14-15,17-18,21H,6-13H2,1H3,(H,23,24). The Labute approximate surface area is 160 Å². The molecule has 4 saturated carbocycles. The maximum atomic E-state index is 12.6. The molecule has 146 valence electrons. The number of methoxy groups -OCH3 is 1. The minimum absolute atomic E-state index is 0.0270. The molecular formula is C22H29NO4. The number of rotatable bonds is 7. The fraction of sp³-hybridized carbons (Fsp3) is 0.636. The number of hydrogen-bond donors (Lipinski definition) is 1. The Morgan fingerprint density at radius 3 is 2.37 bits per heavy atom. The van der Waals surface area contributed by atoms with Crippen molar-refractivity contribution in [3.8, 4) is 5.75 Å². The van der Waals surface area contributed by atoms with Gasteiger partial charge in [0, 0.05) is 6.54 Å². The second-order valence-corrected chi connectivity index (χ2v) is 8.48. The van der Waals surface area contributed by atoms with E-state index in [1.165, 1.54) is 32.1 Å². The minimum Gasteiger partial charge on any atom is -0.496 e. The van der Waals surface area contributed by atoms with Crippen LogP contribution < -0.4 is 10.1 Å². The lowest BCUT2D eigenvalue weighted by Crippen LogP contribution is -2.48. The predicted octanol–water partition coefficient (Wildman–Crippen LogP) is 2.97. The van der Waals surface area contributed by atoms with Crippen LogP contribution in [0.25, 0.3) is 0 Å². The SMILES string of the molecule is COc1ccccc1CCNC(=O)COC(=O)C1C2CC3CC(C2)CC1C3. The first kappa shape index (κ1) is 18.3. The van der Waals surface area contributed by atoms with E-state index in [1.54, 1.807) is 7.11 Å². The fourth-order valence-electron chi connectivity index (χ4n) is 5.84. The third kappa shape index (κ3) is 3.97. The summed E-state index contributed by atoms with van der Waals surface area (Å²) in [4.78, 5) is 24.7. The molecule has 4 aliphatic rings. The average Bonchev–Trinajstić information content (AvgIpc) is 2.66. The summed E-state index contributed by atoms with van der Waals surface area (Å²) in [5, 5.41) is 2.83. The van der Waals surface area contributed by atoms with Crippen LogP contribution >= 0.6 is 0 Å². The topological polar surface area (TPSA) is 64.6 Å². The molecule has 1 N–H and O–H groups in total. The van der Waals surface area contributed by atoms with Gasteiger partial charge in [0.25, 0.3) is 5.91 Å². The first-order chi connectivity index (χ1) is 13.1. The highest BCUT2D eigenvalue weighted by Gasteiger charge is 2.51. The summed E-state index contributed by atoms with van der Waals surface area (Å²) in [7, 11) is 1.64. The molecule has 27 heavy (non-hydrogen) atoms. The van der Waals surface area contributed by atoms with Crippen molar-refractivity contribution < 1.29 is 19.1 Å². The van der Waals surface area contributed by atoms with Gasteiger partial charge in [-0.3, -0.25) is 9.59 Å². The summed E-state index contributed by atoms with van der Waals surface area (Å²) < 4.78 is 10.7. The van der Waals surface area contributed by atoms with Crippen LogP contribution in [0.15, 0.2) is 24.3 Å². The monoisotopic (exact) mass is 371 g/mol. The minimum atomic E-state index is -0.234. The zero-order chi connectivity index (χ0) is 18.8. The third-order valence-corrected chi connectivity index (χ3v) is 6.75. The first-order valence-electron chi connectivity index (χ1n) is 10.2. The molecule has 4 bridgehead atoms. The van der Waals surface area contributed by atoms with Crippen molar-refractivity contribution >= 4 is 11.9 Å². The number of amides is 1. The average molecular weight is 371 g/mol. The smallest absolute Gasteiger partial charge is 0.310 e. The quantitative estimate of drug-likeness (QED) is 0.749. The van der Waals surface area contributed by atoms with Crippen molar-refractivity contribution in [2.24, 2.45) is 29.6 Å². The van der Waals surface area contributed by atoms with E-state index in [2.05, 4.69) is 5.32 Å². The molecule has 4 aliphatic carbocycles. The van der Waals surface area contributed by atoms with E-state index in [4.69, 9.17) is 9.47 Å². The Kier molecular flexibility index (Phi) is 5.37. The van der Waals surface area contributed by atoms with E-state index >= 15 is 0 Å². The number of ether oxygens (including phenoxy) is 2. The molecule has 1 aromatic rings. The van der Waals surface area contributed by atoms with Gasteiger partial charge in [0.2, 0.25) is 0 Å². The summed E-state index contributed by atoms with van der Waals surface area (Å²) in [5.41, 5.74) is 1.05. The van der Waals surface area contributed by atoms with Gasteiger partial charge in [-0.05, 0) is 73.8 Å². The van der Waals surface area contributed by atoms with Crippen molar-refractivity contribution in [1.82, 2.24) is 5.32 Å². The van der Waals surface area contributed by atoms with Crippen LogP contribution in [0.5, 0.6) is 5.75 Å². The van der Waals surface area contributed by atoms with Gasteiger partial charge >= 0.3 is 5.97 Å². The second-order valence-electron chi connectivity index (χ2n) is 8.48. The fourth-order valence-corrected chi connectivity index (χ4v) is 5.84. The van der Waals surface area contributed by atoms with E-state index < -0.39 is 0 Å². The Morgan fingerprint density at radius 1 is 1.04 bits per heavy atom. The number of carbonyl (C=O) groups excluding carboxylic acids is 2. The van der Waals surface area contributed by atoms with Gasteiger partial charge in [-0.1, -0.05) is 18.2 Å². The van der Waals surface area contributed by atoms with Crippen molar-refractivity contribution in [2.75, 3.05) is 20.3 Å². The Balaban J connectivity index is 1.21. The van der Waals surface area contributed by atoms with Crippen molar-refractivity contribution in [3.05, 3.63) is 29.8 Å². The molecule has 0 aromatic heterocycles. The molecule has 1 amide bonds. The zero-order valence-electron chi connectivity index (χ0n) is 16.0. The highest BCUT2D eigenvalue weighted by atomic mass is 16.5. The van der Waals surface area contributed by atoms with Gasteiger partial charge in [-0.15, -0.1) is 0 Å². The van der Waals surface area contributed by atoms with Crippen LogP contribution in [0.4, 0.5) is 0 Å². The molecule has 0 atom stereocenters. The van der Waals surface area contributed by atoms with E-state index in [0.29, 0.717) is 24.8 Å². The molecule has 0 saturated heterocycles. The summed E-state index contributed by atoms with van der Waals surface area (Å²) in [6.07, 6.45) is 6.76. The number of para-hydroxylation sites is 1. The molecule has 4 fully saturated rings. The summed E-state index contributed by atoms with van der Waals surface area (Å²) >= 11 is 0. The number of hydrogen-bond acceptors (Lipinski definition) is 4. The Bertz CT molecular complexity index is 673. The molecule has 5 rings (SSSR count). The Morgan fingerprint density at radius 2 is 1.70 bits per heavy atom. The second kappa shape index (κ2) is 7.91. The predicted molar refractivity (Wildman–Crippen MR) is 101 cm³/mol. The molecule has 0 radical (unpaired) electrons. The van der Waals surface area contributed by atoms with Gasteiger partial charge in [0.1, 0.15) is 5.75 Å². The molecule has 0 heterocycles. The number of carbonyl (C=O) groups is 2. The van der Waals surface area contributed by atoms with Gasteiger partial charge in [-0.2, -0.15) is 0 Å². The summed E-state index contributed by atoms with van der Waals surface area (Å²) in [6, 6.07) is 7.76. The molecule has 5 heteroatoms. The number of benzene rings is 1. The molecule has 0 aliphatic heterocycles. The lowest BCUT2D eigenvalue weighted by molar-refractivity contribution is -0.164. The maximum absolute atomic E-state index is 12.6. The maximum Gasteiger partial charge on any atom is 0.310 e. The summed E-state index contributed by atoms with van der Waals surface area (Å²) in [5.74, 6) is 3.10. The van der Waals surface area contributed by atoms with E-state index in [9.17, 15) is 9.59 Å². The van der Waals surface area contributed by atoms with E-state index in [0.717, 1.165) is 23.1 Å². The van der Waals surface area contributed by atoms with Crippen molar-refractivity contribution in [1.29, 1.82) is 0 Å². The van der Waals surface area contributed by atoms with Gasteiger partial charge < -0.3 is 14.8 Å². The van der Waals surface area contributed by atoms with Crippen LogP contribution in [0.1, 0.15) is 37.7 Å². The lowest BCUT2D eigenvalue weighted by Gasteiger charge is -2.53. The van der Waals surface area contributed by atoms with Gasteiger partial charge in [-0.25, -0.2) is 0 Å². The zero-order valence-corrected chi connectivity index (χ0v) is 16.0. The highest BCUT2D eigenvalue weighted by molar-refractivity contribution is 5.81. The van der Waals surface area contributed by atoms with Crippen LogP contribution in [-0.2, 0) is 20.7 Å². The van der Waals surface area contributed by atoms with Crippen LogP contribution in [0.2, 0.25) is 0 Å². The molecule has 5 nitrogen and oxygen atoms in total. The van der Waals surface area contributed by atoms with Crippen LogP contribution in [0, 0.1) is 29.6 Å². The summed E-state index contributed by atoms with van der Waals surface area (Å²) in [6.45, 7) is 0.322. The molecule has 1 aromatic carbocycles. The molecule has 0 spiro atoms. The number of nitrogens with one attached hydrogen (secondary N) is 1. The third-order valence-electron chi connectivity index (χ3n) is 6.75. The van der Waals surface area contributed by atoms with E-state index in [-0.39, 0.29) is 24.4 Å². The highest BCUT2D eigenvalue weighted by Crippen LogP contribution is 2.56. The van der Waals surface area contributed by atoms with Crippen LogP contribution in [0.3, 0.4) is 0 Å². The molecule has 0 unspecified atom stereocenters. The van der Waals surface area contributed by atoms with Crippen LogP contribution in [-0.4, -0.2) is 32.1 Å². The van der Waals surface area contributed by atoms with Gasteiger partial charge in [0.05, 0.1) is 13.0 Å². The van der Waals surface area contributed by atoms with Crippen molar-refractivity contribution in [3.63, 3.8) is 0 Å². The Hall–Kier alpha value is -2.04. The largest absolute Gasteiger partial charge is 0.496 e. The lowest BCUT2D eigenvalue weighted by atomic mass is 9.52. The normalized spacial score (nSPS) is 30.8. The number of esters is 1. The molecular weight excluding hydrogens is 342 g/mol. The van der Waals surface area contributed by atoms with E-state index in [1.807, 2.05) is 24.3 Å². The van der Waals surface area contributed by atoms with Gasteiger partial charge in [0.15, 0.2) is 6.61 Å².